The van der Waals surface area contributed by atoms with Crippen LogP contribution in [-0.4, -0.2) is 29.4 Å². The zero-order valence-electron chi connectivity index (χ0n) is 12.8. The van der Waals surface area contributed by atoms with Crippen molar-refractivity contribution in [3.63, 3.8) is 0 Å². The second-order valence-corrected chi connectivity index (χ2v) is 5.69. The van der Waals surface area contributed by atoms with Crippen molar-refractivity contribution in [2.24, 2.45) is 0 Å². The van der Waals surface area contributed by atoms with Crippen LogP contribution in [0, 0.1) is 6.92 Å². The van der Waals surface area contributed by atoms with Crippen LogP contribution < -0.4 is 16.0 Å². The maximum Gasteiger partial charge on any atom is 0.270 e. The molecule has 1 fully saturated rings. The monoisotopic (exact) mass is 310 g/mol. The number of rotatable bonds is 3. The van der Waals surface area contributed by atoms with E-state index in [1.807, 2.05) is 31.2 Å². The minimum absolute atomic E-state index is 0.000289. The highest BCUT2D eigenvalue weighted by atomic mass is 16.2. The number of nitrogens with two attached hydrogens (primary N) is 1. The van der Waals surface area contributed by atoms with E-state index in [-0.39, 0.29) is 30.0 Å². The Labute approximate surface area is 134 Å². The molecular formula is C17H18N4O2. The normalized spacial score (nSPS) is 17.3. The molecular weight excluding hydrogens is 292 g/mol. The van der Waals surface area contributed by atoms with E-state index in [0.717, 1.165) is 11.3 Å². The quantitative estimate of drug-likeness (QED) is 0.899. The SMILES string of the molecule is Cc1ccc(N2C[C@H](NC(=O)c3cc(N)ccn3)CC2=O)cc1. The first kappa shape index (κ1) is 15.0. The molecule has 1 aliphatic heterocycles. The highest BCUT2D eigenvalue weighted by Crippen LogP contribution is 2.22. The molecule has 0 radical (unpaired) electrons. The lowest BCUT2D eigenvalue weighted by Gasteiger charge is -2.17. The number of aromatic nitrogens is 1. The first-order valence-electron chi connectivity index (χ1n) is 7.42. The summed E-state index contributed by atoms with van der Waals surface area (Å²) in [5.41, 5.74) is 8.37. The number of amides is 2. The fraction of sp³-hybridized carbons (Fsp3) is 0.235. The Balaban J connectivity index is 1.68. The van der Waals surface area contributed by atoms with Crippen molar-refractivity contribution in [3.8, 4) is 0 Å². The van der Waals surface area contributed by atoms with Crippen LogP contribution in [0.25, 0.3) is 0 Å². The summed E-state index contributed by atoms with van der Waals surface area (Å²) in [5.74, 6) is -0.319. The molecule has 1 aromatic heterocycles. The van der Waals surface area contributed by atoms with E-state index >= 15 is 0 Å². The molecule has 6 nitrogen and oxygen atoms in total. The van der Waals surface area contributed by atoms with Crippen molar-refractivity contribution in [3.05, 3.63) is 53.9 Å². The van der Waals surface area contributed by atoms with Crippen molar-refractivity contribution in [2.45, 2.75) is 19.4 Å². The predicted octanol–water partition coefficient (Wildman–Crippen LogP) is 1.51. The molecule has 0 saturated carbocycles. The van der Waals surface area contributed by atoms with Crippen molar-refractivity contribution in [2.75, 3.05) is 17.2 Å². The van der Waals surface area contributed by atoms with Gasteiger partial charge in [0, 0.05) is 30.5 Å². The highest BCUT2D eigenvalue weighted by molar-refractivity contribution is 5.98. The van der Waals surface area contributed by atoms with Gasteiger partial charge >= 0.3 is 0 Å². The van der Waals surface area contributed by atoms with Crippen LogP contribution in [0.1, 0.15) is 22.5 Å². The molecule has 0 aliphatic carbocycles. The number of hydrogen-bond acceptors (Lipinski definition) is 4. The van der Waals surface area contributed by atoms with Gasteiger partial charge in [0.25, 0.3) is 5.91 Å². The van der Waals surface area contributed by atoms with Gasteiger partial charge in [-0.25, -0.2) is 0 Å². The van der Waals surface area contributed by atoms with Gasteiger partial charge in [0.2, 0.25) is 5.91 Å². The van der Waals surface area contributed by atoms with Gasteiger partial charge in [0.15, 0.2) is 0 Å². The number of nitrogens with one attached hydrogen (secondary N) is 1. The first-order valence-corrected chi connectivity index (χ1v) is 7.42. The summed E-state index contributed by atoms with van der Waals surface area (Å²) in [7, 11) is 0. The second kappa shape index (κ2) is 6.08. The molecule has 0 spiro atoms. The lowest BCUT2D eigenvalue weighted by Crippen LogP contribution is -2.37. The molecule has 23 heavy (non-hydrogen) atoms. The Morgan fingerprint density at radius 2 is 2.04 bits per heavy atom. The van der Waals surface area contributed by atoms with Gasteiger partial charge in [-0.05, 0) is 31.2 Å². The van der Waals surface area contributed by atoms with Crippen molar-refractivity contribution in [1.29, 1.82) is 0 Å². The number of pyridine rings is 1. The lowest BCUT2D eigenvalue weighted by atomic mass is 10.2. The van der Waals surface area contributed by atoms with Crippen LogP contribution in [-0.2, 0) is 4.79 Å². The maximum atomic E-state index is 12.2. The van der Waals surface area contributed by atoms with Gasteiger partial charge in [-0.2, -0.15) is 0 Å². The Hall–Kier alpha value is -2.89. The van der Waals surface area contributed by atoms with Crippen LogP contribution in [0.15, 0.2) is 42.6 Å². The number of nitrogens with zero attached hydrogens (tertiary/aromatic N) is 2. The topological polar surface area (TPSA) is 88.3 Å². The van der Waals surface area contributed by atoms with Crippen molar-refractivity contribution < 1.29 is 9.59 Å². The van der Waals surface area contributed by atoms with Gasteiger partial charge in [0.1, 0.15) is 5.69 Å². The van der Waals surface area contributed by atoms with Gasteiger partial charge < -0.3 is 16.0 Å². The molecule has 1 aromatic carbocycles. The van der Waals surface area contributed by atoms with Gasteiger partial charge in [-0.3, -0.25) is 14.6 Å². The molecule has 0 bridgehead atoms. The van der Waals surface area contributed by atoms with E-state index in [0.29, 0.717) is 12.2 Å². The predicted molar refractivity (Wildman–Crippen MR) is 88.1 cm³/mol. The fourth-order valence-corrected chi connectivity index (χ4v) is 2.61. The Morgan fingerprint density at radius 3 is 2.74 bits per heavy atom. The summed E-state index contributed by atoms with van der Waals surface area (Å²) in [6, 6.07) is 10.7. The van der Waals surface area contributed by atoms with E-state index in [2.05, 4.69) is 10.3 Å². The van der Waals surface area contributed by atoms with E-state index in [9.17, 15) is 9.59 Å². The standard InChI is InChI=1S/C17H18N4O2/c1-11-2-4-14(5-3-11)21-10-13(9-16(21)22)20-17(23)15-8-12(18)6-7-19-15/h2-8,13H,9-10H2,1H3,(H2,18,19)(H,20,23)/t13-/m1/s1. The van der Waals surface area contributed by atoms with Crippen LogP contribution >= 0.6 is 0 Å². The number of anilines is 2. The average molecular weight is 310 g/mol. The van der Waals surface area contributed by atoms with Crippen molar-refractivity contribution >= 4 is 23.2 Å². The molecule has 2 amide bonds. The third kappa shape index (κ3) is 3.31. The van der Waals surface area contributed by atoms with E-state index < -0.39 is 0 Å². The molecule has 1 aliphatic rings. The van der Waals surface area contributed by atoms with Crippen LogP contribution in [0.4, 0.5) is 11.4 Å². The van der Waals surface area contributed by atoms with Gasteiger partial charge in [-0.15, -0.1) is 0 Å². The van der Waals surface area contributed by atoms with E-state index in [1.54, 1.807) is 11.0 Å². The number of hydrogen-bond donors (Lipinski definition) is 2. The Morgan fingerprint density at radius 1 is 1.30 bits per heavy atom. The number of nitrogen functional groups attached to an aromatic ring is 1. The molecule has 0 unspecified atom stereocenters. The molecule has 1 atom stereocenters. The van der Waals surface area contributed by atoms with E-state index in [1.165, 1.54) is 12.3 Å². The third-order valence-corrected chi connectivity index (χ3v) is 3.82. The summed E-state index contributed by atoms with van der Waals surface area (Å²) < 4.78 is 0. The number of carbonyl (C=O) groups excluding carboxylic acids is 2. The molecule has 2 heterocycles. The van der Waals surface area contributed by atoms with Crippen LogP contribution in [0.5, 0.6) is 0 Å². The first-order chi connectivity index (χ1) is 11.0. The summed E-state index contributed by atoms with van der Waals surface area (Å²) in [6.07, 6.45) is 1.77. The number of carbonyl (C=O) groups is 2. The van der Waals surface area contributed by atoms with Gasteiger partial charge in [0.05, 0.1) is 6.04 Å². The molecule has 3 rings (SSSR count). The smallest absolute Gasteiger partial charge is 0.270 e. The Bertz CT molecular complexity index is 743. The van der Waals surface area contributed by atoms with E-state index in [4.69, 9.17) is 5.73 Å². The highest BCUT2D eigenvalue weighted by Gasteiger charge is 2.31. The van der Waals surface area contributed by atoms with Crippen molar-refractivity contribution in [1.82, 2.24) is 10.3 Å². The minimum atomic E-state index is -0.319. The number of benzene rings is 1. The summed E-state index contributed by atoms with van der Waals surface area (Å²) in [5, 5.41) is 2.84. The molecule has 118 valence electrons. The maximum absolute atomic E-state index is 12.2. The van der Waals surface area contributed by atoms with Gasteiger partial charge in [-0.1, -0.05) is 17.7 Å². The molecule has 2 aromatic rings. The molecule has 6 heteroatoms. The molecule has 1 saturated heterocycles. The summed E-state index contributed by atoms with van der Waals surface area (Å²) in [4.78, 5) is 30.1. The lowest BCUT2D eigenvalue weighted by molar-refractivity contribution is -0.117. The second-order valence-electron chi connectivity index (χ2n) is 5.69. The summed E-state index contributed by atoms with van der Waals surface area (Å²) >= 11 is 0. The summed E-state index contributed by atoms with van der Waals surface area (Å²) in [6.45, 7) is 2.45. The molecule has 3 N–H and O–H groups in total. The van der Waals surface area contributed by atoms with Crippen LogP contribution in [0.2, 0.25) is 0 Å². The zero-order chi connectivity index (χ0) is 16.4. The van der Waals surface area contributed by atoms with Crippen LogP contribution in [0.3, 0.4) is 0 Å². The average Bonchev–Trinajstić information content (AvgIpc) is 2.88. The Kier molecular flexibility index (Phi) is 3.97. The minimum Gasteiger partial charge on any atom is -0.399 e. The third-order valence-electron chi connectivity index (χ3n) is 3.82. The number of aryl methyl sites for hydroxylation is 1. The zero-order valence-corrected chi connectivity index (χ0v) is 12.8. The largest absolute Gasteiger partial charge is 0.399 e. The fourth-order valence-electron chi connectivity index (χ4n) is 2.61.